The number of aliphatic hydroxyl groups is 1. The van der Waals surface area contributed by atoms with Crippen LogP contribution in [0.15, 0.2) is 42.5 Å². The number of benzene rings is 2. The van der Waals surface area contributed by atoms with Crippen LogP contribution in [0.4, 0.5) is 17.6 Å². The zero-order valence-electron chi connectivity index (χ0n) is 10.7. The summed E-state index contributed by atoms with van der Waals surface area (Å²) in [6, 6.07) is 8.59. The van der Waals surface area contributed by atoms with Crippen molar-refractivity contribution in [3.63, 3.8) is 0 Å². The third-order valence-corrected chi connectivity index (χ3v) is 3.33. The molecule has 2 aromatic carbocycles. The van der Waals surface area contributed by atoms with E-state index in [1.165, 1.54) is 30.3 Å². The van der Waals surface area contributed by atoms with Crippen LogP contribution in [0.3, 0.4) is 0 Å². The van der Waals surface area contributed by atoms with Crippen LogP contribution in [-0.4, -0.2) is 5.11 Å². The topological polar surface area (TPSA) is 20.2 Å². The summed E-state index contributed by atoms with van der Waals surface area (Å²) in [5.74, 6) is -0.620. The van der Waals surface area contributed by atoms with Gasteiger partial charge < -0.3 is 5.11 Å². The molecule has 1 N–H and O–H groups in total. The molecule has 0 fully saturated rings. The van der Waals surface area contributed by atoms with E-state index in [1.807, 2.05) is 0 Å². The molecule has 0 aliphatic carbocycles. The molecule has 0 aliphatic rings. The molecule has 0 aliphatic heterocycles. The molecular weight excluding hydrogens is 308 g/mol. The molecule has 112 valence electrons. The largest absolute Gasteiger partial charge is 0.416 e. The van der Waals surface area contributed by atoms with Crippen LogP contribution < -0.4 is 0 Å². The van der Waals surface area contributed by atoms with Gasteiger partial charge in [-0.25, -0.2) is 4.39 Å². The number of aliphatic hydroxyl groups excluding tert-OH is 1. The molecule has 0 aromatic heterocycles. The van der Waals surface area contributed by atoms with Crippen LogP contribution in [0.2, 0.25) is 5.02 Å². The molecule has 1 nitrogen and oxygen atoms in total. The summed E-state index contributed by atoms with van der Waals surface area (Å²) in [5, 5.41) is 9.91. The lowest BCUT2D eigenvalue weighted by Crippen LogP contribution is -2.13. The first kappa shape index (κ1) is 15.8. The van der Waals surface area contributed by atoms with Crippen molar-refractivity contribution in [3.8, 4) is 0 Å². The van der Waals surface area contributed by atoms with Crippen molar-refractivity contribution in [3.05, 3.63) is 70.0 Å². The summed E-state index contributed by atoms with van der Waals surface area (Å²) < 4.78 is 51.7. The van der Waals surface area contributed by atoms with Gasteiger partial charge in [-0.15, -0.1) is 0 Å². The lowest BCUT2D eigenvalue weighted by atomic mass is 9.97. The molecule has 0 radical (unpaired) electrons. The van der Waals surface area contributed by atoms with Crippen LogP contribution >= 0.6 is 11.6 Å². The second-order valence-corrected chi connectivity index (χ2v) is 4.96. The van der Waals surface area contributed by atoms with E-state index in [-0.39, 0.29) is 17.0 Å². The first-order valence-electron chi connectivity index (χ1n) is 6.07. The van der Waals surface area contributed by atoms with Crippen LogP contribution in [0.5, 0.6) is 0 Å². The zero-order chi connectivity index (χ0) is 15.6. The Morgan fingerprint density at radius 3 is 2.38 bits per heavy atom. The molecule has 6 heteroatoms. The molecule has 0 heterocycles. The Balaban J connectivity index is 2.28. The molecule has 0 spiro atoms. The molecular formula is C15H11ClF4O. The first-order chi connectivity index (χ1) is 9.79. The van der Waals surface area contributed by atoms with Gasteiger partial charge in [0, 0.05) is 6.42 Å². The summed E-state index contributed by atoms with van der Waals surface area (Å²) in [6.07, 6.45) is -5.99. The minimum absolute atomic E-state index is 0.0902. The molecule has 1 atom stereocenters. The van der Waals surface area contributed by atoms with Crippen LogP contribution in [0.25, 0.3) is 0 Å². The van der Waals surface area contributed by atoms with Gasteiger partial charge in [-0.3, -0.25) is 0 Å². The number of rotatable bonds is 3. The maximum Gasteiger partial charge on any atom is 0.416 e. The van der Waals surface area contributed by atoms with Crippen LogP contribution in [0, 0.1) is 5.82 Å². The summed E-state index contributed by atoms with van der Waals surface area (Å²) in [7, 11) is 0. The lowest BCUT2D eigenvalue weighted by Gasteiger charge is -2.17. The molecule has 0 saturated heterocycles. The van der Waals surface area contributed by atoms with Gasteiger partial charge in [0.25, 0.3) is 0 Å². The monoisotopic (exact) mass is 318 g/mol. The highest BCUT2D eigenvalue weighted by Gasteiger charge is 2.34. The Morgan fingerprint density at radius 2 is 1.76 bits per heavy atom. The fourth-order valence-electron chi connectivity index (χ4n) is 2.05. The van der Waals surface area contributed by atoms with Gasteiger partial charge in [0.2, 0.25) is 0 Å². The van der Waals surface area contributed by atoms with E-state index < -0.39 is 23.7 Å². The first-order valence-corrected chi connectivity index (χ1v) is 6.45. The standard InChI is InChI=1S/C15H11ClF4O/c16-12-7-9(5-6-13(12)17)8-14(21)10-3-1-2-4-11(10)15(18,19)20/h1-7,14,21H,8H2. The number of hydrogen-bond acceptors (Lipinski definition) is 1. The van der Waals surface area contributed by atoms with E-state index in [4.69, 9.17) is 11.6 Å². The number of halogens is 5. The van der Waals surface area contributed by atoms with E-state index >= 15 is 0 Å². The van der Waals surface area contributed by atoms with E-state index in [0.717, 1.165) is 12.1 Å². The van der Waals surface area contributed by atoms with E-state index in [9.17, 15) is 22.7 Å². The Kier molecular flexibility index (Phi) is 4.54. The van der Waals surface area contributed by atoms with Gasteiger partial charge in [-0.2, -0.15) is 13.2 Å². The predicted octanol–water partition coefficient (Wildman–Crippen LogP) is 4.77. The van der Waals surface area contributed by atoms with Crippen molar-refractivity contribution in [1.29, 1.82) is 0 Å². The fraction of sp³-hybridized carbons (Fsp3) is 0.200. The van der Waals surface area contributed by atoms with Crippen molar-refractivity contribution >= 4 is 11.6 Å². The van der Waals surface area contributed by atoms with Crippen LogP contribution in [0.1, 0.15) is 22.8 Å². The molecule has 0 amide bonds. The van der Waals surface area contributed by atoms with E-state index in [2.05, 4.69) is 0 Å². The normalized spacial score (nSPS) is 13.2. The number of alkyl halides is 3. The molecule has 21 heavy (non-hydrogen) atoms. The summed E-state index contributed by atoms with van der Waals surface area (Å²) in [4.78, 5) is 0. The zero-order valence-corrected chi connectivity index (χ0v) is 11.4. The van der Waals surface area contributed by atoms with Crippen molar-refractivity contribution in [2.75, 3.05) is 0 Å². The third-order valence-electron chi connectivity index (χ3n) is 3.04. The maximum atomic E-state index is 13.0. The van der Waals surface area contributed by atoms with Crippen molar-refractivity contribution in [2.45, 2.75) is 18.7 Å². The summed E-state index contributed by atoms with van der Waals surface area (Å²) in [6.45, 7) is 0. The lowest BCUT2D eigenvalue weighted by molar-refractivity contribution is -0.139. The Bertz CT molecular complexity index is 640. The Hall–Kier alpha value is -1.59. The highest BCUT2D eigenvalue weighted by atomic mass is 35.5. The van der Waals surface area contributed by atoms with Gasteiger partial charge in [0.15, 0.2) is 0 Å². The SMILES string of the molecule is OC(Cc1ccc(F)c(Cl)c1)c1ccccc1C(F)(F)F. The second-order valence-electron chi connectivity index (χ2n) is 4.55. The van der Waals surface area contributed by atoms with Crippen molar-refractivity contribution in [1.82, 2.24) is 0 Å². The highest BCUT2D eigenvalue weighted by Crippen LogP contribution is 2.35. The molecule has 0 bridgehead atoms. The predicted molar refractivity (Wildman–Crippen MR) is 71.5 cm³/mol. The molecule has 0 saturated carbocycles. The van der Waals surface area contributed by atoms with Gasteiger partial charge >= 0.3 is 6.18 Å². The van der Waals surface area contributed by atoms with Gasteiger partial charge in [-0.05, 0) is 29.3 Å². The van der Waals surface area contributed by atoms with Crippen LogP contribution in [-0.2, 0) is 12.6 Å². The Morgan fingerprint density at radius 1 is 1.10 bits per heavy atom. The summed E-state index contributed by atoms with van der Waals surface area (Å²) in [5.41, 5.74) is -0.651. The maximum absolute atomic E-state index is 13.0. The van der Waals surface area contributed by atoms with Gasteiger partial charge in [-0.1, -0.05) is 35.9 Å². The van der Waals surface area contributed by atoms with Crippen molar-refractivity contribution in [2.24, 2.45) is 0 Å². The van der Waals surface area contributed by atoms with Gasteiger partial charge in [0.1, 0.15) is 5.82 Å². The smallest absolute Gasteiger partial charge is 0.388 e. The quantitative estimate of drug-likeness (QED) is 0.808. The van der Waals surface area contributed by atoms with Gasteiger partial charge in [0.05, 0.1) is 16.7 Å². The van der Waals surface area contributed by atoms with E-state index in [1.54, 1.807) is 0 Å². The molecule has 2 rings (SSSR count). The minimum Gasteiger partial charge on any atom is -0.388 e. The minimum atomic E-state index is -4.54. The van der Waals surface area contributed by atoms with E-state index in [0.29, 0.717) is 5.56 Å². The Labute approximate surface area is 123 Å². The third kappa shape index (κ3) is 3.74. The average molecular weight is 319 g/mol. The highest BCUT2D eigenvalue weighted by molar-refractivity contribution is 6.30. The summed E-state index contributed by atoms with van der Waals surface area (Å²) >= 11 is 5.61. The average Bonchev–Trinajstić information content (AvgIpc) is 2.42. The fourth-order valence-corrected chi connectivity index (χ4v) is 2.25. The number of hydrogen-bond donors (Lipinski definition) is 1. The molecule has 2 aromatic rings. The van der Waals surface area contributed by atoms with Crippen molar-refractivity contribution < 1.29 is 22.7 Å². The second kappa shape index (κ2) is 6.03. The molecule has 1 unspecified atom stereocenters.